The van der Waals surface area contributed by atoms with E-state index in [0.29, 0.717) is 12.1 Å². The highest BCUT2D eigenvalue weighted by Gasteiger charge is 2.19. The van der Waals surface area contributed by atoms with Crippen LogP contribution in [0, 0.1) is 5.82 Å². The molecule has 0 fully saturated rings. The molecule has 1 aromatic rings. The second kappa shape index (κ2) is 7.57. The molecule has 0 radical (unpaired) electrons. The summed E-state index contributed by atoms with van der Waals surface area (Å²) in [6.07, 6.45) is 0.962. The van der Waals surface area contributed by atoms with E-state index in [1.165, 1.54) is 12.1 Å². The molecular formula is C13H21FN2O2S. The molecule has 0 bridgehead atoms. The second-order valence-electron chi connectivity index (χ2n) is 4.51. The van der Waals surface area contributed by atoms with Crippen LogP contribution in [0.2, 0.25) is 0 Å². The molecular weight excluding hydrogens is 267 g/mol. The van der Waals surface area contributed by atoms with Crippen LogP contribution < -0.4 is 10.0 Å². The molecule has 0 aliphatic rings. The van der Waals surface area contributed by atoms with Crippen molar-refractivity contribution in [3.8, 4) is 0 Å². The summed E-state index contributed by atoms with van der Waals surface area (Å²) < 4.78 is 39.3. The van der Waals surface area contributed by atoms with Crippen LogP contribution in [0.5, 0.6) is 0 Å². The van der Waals surface area contributed by atoms with Gasteiger partial charge in [0, 0.05) is 13.1 Å². The number of hydrogen-bond donors (Lipinski definition) is 2. The van der Waals surface area contributed by atoms with Crippen LogP contribution in [0.3, 0.4) is 0 Å². The van der Waals surface area contributed by atoms with Gasteiger partial charge in [-0.05, 0) is 37.6 Å². The summed E-state index contributed by atoms with van der Waals surface area (Å²) in [5, 5.41) is 2.55. The molecule has 0 heterocycles. The summed E-state index contributed by atoms with van der Waals surface area (Å²) >= 11 is 0. The van der Waals surface area contributed by atoms with Gasteiger partial charge >= 0.3 is 0 Å². The Morgan fingerprint density at radius 2 is 2.11 bits per heavy atom. The normalized spacial score (nSPS) is 13.4. The summed E-state index contributed by atoms with van der Waals surface area (Å²) in [6, 6.07) is 5.90. The Morgan fingerprint density at radius 1 is 1.37 bits per heavy atom. The molecule has 1 unspecified atom stereocenters. The van der Waals surface area contributed by atoms with Gasteiger partial charge in [0.15, 0.2) is 0 Å². The van der Waals surface area contributed by atoms with Gasteiger partial charge in [0.25, 0.3) is 0 Å². The summed E-state index contributed by atoms with van der Waals surface area (Å²) in [5.74, 6) is -0.366. The fraction of sp³-hybridized carbons (Fsp3) is 0.538. The minimum Gasteiger partial charge on any atom is -0.315 e. The zero-order valence-electron chi connectivity index (χ0n) is 11.3. The molecule has 0 saturated heterocycles. The largest absolute Gasteiger partial charge is 0.315 e. The van der Waals surface area contributed by atoms with E-state index in [0.717, 1.165) is 13.0 Å². The third-order valence-electron chi connectivity index (χ3n) is 2.75. The molecule has 0 aliphatic carbocycles. The number of hydrogen-bond acceptors (Lipinski definition) is 3. The van der Waals surface area contributed by atoms with Gasteiger partial charge < -0.3 is 5.32 Å². The lowest BCUT2D eigenvalue weighted by atomic mass is 10.2. The molecule has 0 amide bonds. The monoisotopic (exact) mass is 288 g/mol. The highest BCUT2D eigenvalue weighted by Crippen LogP contribution is 2.05. The van der Waals surface area contributed by atoms with E-state index < -0.39 is 15.3 Å². The van der Waals surface area contributed by atoms with Crippen molar-refractivity contribution in [2.75, 3.05) is 13.1 Å². The second-order valence-corrected chi connectivity index (χ2v) is 6.69. The predicted octanol–water partition coefficient (Wildman–Crippen LogP) is 1.63. The Labute approximate surface area is 114 Å². The molecule has 1 rings (SSSR count). The van der Waals surface area contributed by atoms with Crippen molar-refractivity contribution in [3.63, 3.8) is 0 Å². The van der Waals surface area contributed by atoms with Gasteiger partial charge in [0.05, 0.1) is 5.25 Å². The van der Waals surface area contributed by atoms with Crippen LogP contribution in [-0.2, 0) is 16.6 Å². The molecule has 1 aromatic carbocycles. The van der Waals surface area contributed by atoms with Crippen LogP contribution in [0.1, 0.15) is 25.8 Å². The van der Waals surface area contributed by atoms with Crippen molar-refractivity contribution in [3.05, 3.63) is 35.6 Å². The highest BCUT2D eigenvalue weighted by atomic mass is 32.2. The molecule has 0 saturated carbocycles. The van der Waals surface area contributed by atoms with Gasteiger partial charge in [-0.1, -0.05) is 19.1 Å². The lowest BCUT2D eigenvalue weighted by molar-refractivity contribution is 0.556. The topological polar surface area (TPSA) is 58.2 Å². The van der Waals surface area contributed by atoms with Crippen LogP contribution in [0.15, 0.2) is 24.3 Å². The number of nitrogens with one attached hydrogen (secondary N) is 2. The minimum atomic E-state index is -3.39. The van der Waals surface area contributed by atoms with Crippen molar-refractivity contribution >= 4 is 10.0 Å². The molecule has 2 N–H and O–H groups in total. The first-order valence-corrected chi connectivity index (χ1v) is 7.94. The first kappa shape index (κ1) is 16.1. The molecule has 0 aromatic heterocycles. The van der Waals surface area contributed by atoms with Crippen LogP contribution in [0.25, 0.3) is 0 Å². The maximum atomic E-state index is 13.0. The van der Waals surface area contributed by atoms with E-state index in [1.807, 2.05) is 6.92 Å². The van der Waals surface area contributed by atoms with Crippen molar-refractivity contribution in [2.24, 2.45) is 0 Å². The predicted molar refractivity (Wildman–Crippen MR) is 74.8 cm³/mol. The molecule has 4 nitrogen and oxygen atoms in total. The van der Waals surface area contributed by atoms with Crippen LogP contribution in [-0.4, -0.2) is 26.8 Å². The summed E-state index contributed by atoms with van der Waals surface area (Å²) in [4.78, 5) is 0. The van der Waals surface area contributed by atoms with Gasteiger partial charge in [-0.25, -0.2) is 17.5 Å². The van der Waals surface area contributed by atoms with Gasteiger partial charge in [-0.2, -0.15) is 0 Å². The number of halogens is 1. The Bertz CT molecular complexity index is 491. The van der Waals surface area contributed by atoms with E-state index >= 15 is 0 Å². The Morgan fingerprint density at radius 3 is 2.74 bits per heavy atom. The van der Waals surface area contributed by atoms with Crippen molar-refractivity contribution in [1.82, 2.24) is 10.0 Å². The third-order valence-corrected chi connectivity index (χ3v) is 4.53. The summed E-state index contributed by atoms with van der Waals surface area (Å²) in [7, 11) is -3.39. The third kappa shape index (κ3) is 5.67. The smallest absolute Gasteiger partial charge is 0.215 e. The zero-order chi connectivity index (χ0) is 14.3. The number of rotatable bonds is 8. The van der Waals surface area contributed by atoms with Gasteiger partial charge in [0.1, 0.15) is 5.82 Å². The van der Waals surface area contributed by atoms with E-state index in [4.69, 9.17) is 0 Å². The molecule has 0 spiro atoms. The lowest BCUT2D eigenvalue weighted by Gasteiger charge is -2.14. The summed E-state index contributed by atoms with van der Waals surface area (Å²) in [5.41, 5.74) is 0.609. The number of benzene rings is 1. The quantitative estimate of drug-likeness (QED) is 0.715. The Hall–Kier alpha value is -0.980. The fourth-order valence-corrected chi connectivity index (χ4v) is 2.55. The lowest BCUT2D eigenvalue weighted by Crippen LogP contribution is -2.38. The average Bonchev–Trinajstić information content (AvgIpc) is 2.37. The van der Waals surface area contributed by atoms with Crippen LogP contribution >= 0.6 is 0 Å². The van der Waals surface area contributed by atoms with E-state index in [9.17, 15) is 12.8 Å². The van der Waals surface area contributed by atoms with Crippen molar-refractivity contribution in [2.45, 2.75) is 32.1 Å². The van der Waals surface area contributed by atoms with Gasteiger partial charge in [-0.15, -0.1) is 0 Å². The van der Waals surface area contributed by atoms with Crippen molar-refractivity contribution in [1.29, 1.82) is 0 Å². The van der Waals surface area contributed by atoms with Gasteiger partial charge in [0.2, 0.25) is 10.0 Å². The fourth-order valence-electron chi connectivity index (χ4n) is 1.56. The van der Waals surface area contributed by atoms with E-state index in [2.05, 4.69) is 10.0 Å². The average molecular weight is 288 g/mol. The molecule has 108 valence electrons. The van der Waals surface area contributed by atoms with Crippen molar-refractivity contribution < 1.29 is 12.8 Å². The first-order chi connectivity index (χ1) is 8.95. The van der Waals surface area contributed by atoms with Crippen LogP contribution in [0.4, 0.5) is 4.39 Å². The molecule has 0 aliphatic heterocycles. The van der Waals surface area contributed by atoms with Gasteiger partial charge in [-0.3, -0.25) is 0 Å². The maximum absolute atomic E-state index is 13.0. The minimum absolute atomic E-state index is 0.109. The van der Waals surface area contributed by atoms with E-state index in [1.54, 1.807) is 19.1 Å². The first-order valence-electron chi connectivity index (χ1n) is 6.39. The zero-order valence-corrected chi connectivity index (χ0v) is 12.1. The molecule has 19 heavy (non-hydrogen) atoms. The van der Waals surface area contributed by atoms with E-state index in [-0.39, 0.29) is 12.4 Å². The molecule has 6 heteroatoms. The highest BCUT2D eigenvalue weighted by molar-refractivity contribution is 7.90. The summed E-state index contributed by atoms with van der Waals surface area (Å²) in [6.45, 7) is 4.99. The maximum Gasteiger partial charge on any atom is 0.215 e. The Balaban J connectivity index is 2.50. The number of sulfonamides is 1. The Kier molecular flexibility index (Phi) is 6.41. The SMILES string of the molecule is CCCNCC(C)S(=O)(=O)NCc1cccc(F)c1. The molecule has 1 atom stereocenters. The standard InChI is InChI=1S/C13H21FN2O2S/c1-3-7-15-9-11(2)19(17,18)16-10-12-5-4-6-13(14)8-12/h4-6,8,11,15-16H,3,7,9-10H2,1-2H3.